The van der Waals surface area contributed by atoms with Crippen LogP contribution in [0, 0.1) is 6.92 Å². The number of hydrogen-bond donors (Lipinski definition) is 1. The van der Waals surface area contributed by atoms with Gasteiger partial charge in [-0.05, 0) is 43.2 Å². The van der Waals surface area contributed by atoms with Gasteiger partial charge in [-0.2, -0.15) is 4.31 Å². The van der Waals surface area contributed by atoms with Crippen LogP contribution in [0.15, 0.2) is 53.4 Å². The van der Waals surface area contributed by atoms with E-state index >= 15 is 0 Å². The maximum atomic E-state index is 12.4. The molecule has 0 spiro atoms. The molecule has 0 aliphatic carbocycles. The van der Waals surface area contributed by atoms with Gasteiger partial charge >= 0.3 is 5.97 Å². The first-order valence-electron chi connectivity index (χ1n) is 8.80. The van der Waals surface area contributed by atoms with Crippen LogP contribution in [-0.4, -0.2) is 44.8 Å². The smallest absolute Gasteiger partial charge is 0.321 e. The Kier molecular flexibility index (Phi) is 7.31. The Morgan fingerprint density at radius 2 is 1.64 bits per heavy atom. The number of esters is 1. The highest BCUT2D eigenvalue weighted by atomic mass is 32.2. The van der Waals surface area contributed by atoms with Gasteiger partial charge in [0.2, 0.25) is 10.0 Å². The molecule has 0 atom stereocenters. The Balaban J connectivity index is 1.85. The molecule has 0 heterocycles. The fraction of sp³-hybridized carbons (Fsp3) is 0.300. The third-order valence-corrected chi connectivity index (χ3v) is 5.91. The number of benzene rings is 2. The molecular weight excluding hydrogens is 380 g/mol. The van der Waals surface area contributed by atoms with Crippen molar-refractivity contribution in [3.05, 3.63) is 59.7 Å². The Morgan fingerprint density at radius 1 is 1.04 bits per heavy atom. The number of likely N-dealkylation sites (N-methyl/N-ethyl adjacent to an activating group) is 1. The van der Waals surface area contributed by atoms with Crippen LogP contribution in [0.4, 0.5) is 5.69 Å². The molecule has 0 radical (unpaired) electrons. The third-order valence-electron chi connectivity index (χ3n) is 4.09. The second kappa shape index (κ2) is 9.48. The van der Waals surface area contributed by atoms with E-state index in [9.17, 15) is 18.0 Å². The van der Waals surface area contributed by atoms with E-state index in [0.717, 1.165) is 21.9 Å². The number of ether oxygens (including phenoxy) is 1. The summed E-state index contributed by atoms with van der Waals surface area (Å²) < 4.78 is 30.7. The van der Waals surface area contributed by atoms with Crippen molar-refractivity contribution in [2.45, 2.75) is 25.2 Å². The van der Waals surface area contributed by atoms with Gasteiger partial charge < -0.3 is 10.1 Å². The van der Waals surface area contributed by atoms with Gasteiger partial charge in [0.1, 0.15) is 6.54 Å². The minimum atomic E-state index is -3.81. The monoisotopic (exact) mass is 404 g/mol. The average molecular weight is 404 g/mol. The van der Waals surface area contributed by atoms with Crippen molar-refractivity contribution in [3.8, 4) is 0 Å². The van der Waals surface area contributed by atoms with Crippen LogP contribution in [-0.2, 0) is 30.8 Å². The van der Waals surface area contributed by atoms with E-state index in [0.29, 0.717) is 5.69 Å². The second-order valence-corrected chi connectivity index (χ2v) is 8.38. The topological polar surface area (TPSA) is 92.8 Å². The first-order chi connectivity index (χ1) is 13.2. The SMILES string of the molecule is CCc1ccc(NC(=O)COC(=O)CN(C)S(=O)(=O)c2ccc(C)cc2)cc1. The van der Waals surface area contributed by atoms with Gasteiger partial charge in [0.05, 0.1) is 4.90 Å². The predicted molar refractivity (Wildman–Crippen MR) is 106 cm³/mol. The third kappa shape index (κ3) is 5.90. The van der Waals surface area contributed by atoms with E-state index in [-0.39, 0.29) is 4.90 Å². The van der Waals surface area contributed by atoms with Crippen LogP contribution < -0.4 is 5.32 Å². The molecule has 1 N–H and O–H groups in total. The molecule has 7 nitrogen and oxygen atoms in total. The van der Waals surface area contributed by atoms with Gasteiger partial charge in [0.15, 0.2) is 6.61 Å². The Labute approximate surface area is 165 Å². The summed E-state index contributed by atoms with van der Waals surface area (Å²) in [4.78, 5) is 23.9. The lowest BCUT2D eigenvalue weighted by Crippen LogP contribution is -2.34. The zero-order valence-electron chi connectivity index (χ0n) is 16.1. The summed E-state index contributed by atoms with van der Waals surface area (Å²) in [6.07, 6.45) is 0.894. The van der Waals surface area contributed by atoms with Crippen molar-refractivity contribution in [2.24, 2.45) is 0 Å². The Morgan fingerprint density at radius 3 is 2.21 bits per heavy atom. The lowest BCUT2D eigenvalue weighted by atomic mass is 10.1. The zero-order chi connectivity index (χ0) is 20.7. The van der Waals surface area contributed by atoms with Gasteiger partial charge in [0.25, 0.3) is 5.91 Å². The molecule has 8 heteroatoms. The Hall–Kier alpha value is -2.71. The molecular formula is C20H24N2O5S. The van der Waals surface area contributed by atoms with Crippen LogP contribution >= 0.6 is 0 Å². The van der Waals surface area contributed by atoms with Crippen molar-refractivity contribution in [2.75, 3.05) is 25.5 Å². The number of nitrogens with one attached hydrogen (secondary N) is 1. The number of anilines is 1. The molecule has 0 aliphatic rings. The highest BCUT2D eigenvalue weighted by Crippen LogP contribution is 2.15. The largest absolute Gasteiger partial charge is 0.455 e. The molecule has 0 fully saturated rings. The molecule has 2 aromatic carbocycles. The molecule has 0 aliphatic heterocycles. The summed E-state index contributed by atoms with van der Waals surface area (Å²) in [5.41, 5.74) is 2.66. The van der Waals surface area contributed by atoms with Crippen LogP contribution in [0.1, 0.15) is 18.1 Å². The second-order valence-electron chi connectivity index (χ2n) is 6.33. The van der Waals surface area contributed by atoms with Crippen LogP contribution in [0.2, 0.25) is 0 Å². The number of amides is 1. The Bertz CT molecular complexity index is 922. The fourth-order valence-electron chi connectivity index (χ4n) is 2.37. The van der Waals surface area contributed by atoms with E-state index in [2.05, 4.69) is 5.32 Å². The summed E-state index contributed by atoms with van der Waals surface area (Å²) in [7, 11) is -2.53. The molecule has 2 rings (SSSR count). The number of aryl methyl sites for hydroxylation is 2. The van der Waals surface area contributed by atoms with E-state index in [1.54, 1.807) is 24.3 Å². The number of rotatable bonds is 8. The molecule has 0 saturated carbocycles. The van der Waals surface area contributed by atoms with E-state index in [1.807, 2.05) is 26.0 Å². The van der Waals surface area contributed by atoms with Gasteiger partial charge in [0, 0.05) is 12.7 Å². The van der Waals surface area contributed by atoms with Crippen molar-refractivity contribution in [3.63, 3.8) is 0 Å². The van der Waals surface area contributed by atoms with Crippen LogP contribution in [0.25, 0.3) is 0 Å². The standard InChI is InChI=1S/C20H24N2O5S/c1-4-16-7-9-17(10-8-16)21-19(23)14-27-20(24)13-22(3)28(25,26)18-11-5-15(2)6-12-18/h5-12H,4,13-14H2,1-3H3,(H,21,23). The van der Waals surface area contributed by atoms with Gasteiger partial charge in [-0.1, -0.05) is 36.8 Å². The van der Waals surface area contributed by atoms with Gasteiger partial charge in [-0.15, -0.1) is 0 Å². The molecule has 2 aromatic rings. The maximum absolute atomic E-state index is 12.4. The highest BCUT2D eigenvalue weighted by molar-refractivity contribution is 7.89. The number of nitrogens with zero attached hydrogens (tertiary/aromatic N) is 1. The van der Waals surface area contributed by atoms with Crippen molar-refractivity contribution in [1.29, 1.82) is 0 Å². The number of carbonyl (C=O) groups is 2. The van der Waals surface area contributed by atoms with Gasteiger partial charge in [-0.3, -0.25) is 9.59 Å². The molecule has 0 unspecified atom stereocenters. The van der Waals surface area contributed by atoms with Crippen LogP contribution in [0.5, 0.6) is 0 Å². The first-order valence-corrected chi connectivity index (χ1v) is 10.2. The van der Waals surface area contributed by atoms with E-state index in [4.69, 9.17) is 4.74 Å². The number of sulfonamides is 1. The normalized spacial score (nSPS) is 11.3. The van der Waals surface area contributed by atoms with E-state index < -0.39 is 35.1 Å². The first kappa shape index (κ1) is 21.6. The van der Waals surface area contributed by atoms with Crippen molar-refractivity contribution in [1.82, 2.24) is 4.31 Å². The fourth-order valence-corrected chi connectivity index (χ4v) is 3.48. The summed E-state index contributed by atoms with van der Waals surface area (Å²) in [5.74, 6) is -1.31. The minimum absolute atomic E-state index is 0.0849. The molecule has 150 valence electrons. The van der Waals surface area contributed by atoms with E-state index in [1.165, 1.54) is 19.2 Å². The average Bonchev–Trinajstić information content (AvgIpc) is 2.67. The molecule has 0 aromatic heterocycles. The lowest BCUT2D eigenvalue weighted by molar-refractivity contribution is -0.147. The maximum Gasteiger partial charge on any atom is 0.321 e. The zero-order valence-corrected chi connectivity index (χ0v) is 17.0. The summed E-state index contributed by atoms with van der Waals surface area (Å²) in [5, 5.41) is 2.62. The molecule has 1 amide bonds. The highest BCUT2D eigenvalue weighted by Gasteiger charge is 2.23. The predicted octanol–water partition coefficient (Wildman–Crippen LogP) is 2.36. The lowest BCUT2D eigenvalue weighted by Gasteiger charge is -2.16. The molecule has 0 bridgehead atoms. The minimum Gasteiger partial charge on any atom is -0.455 e. The summed E-state index contributed by atoms with van der Waals surface area (Å²) in [6.45, 7) is 2.89. The van der Waals surface area contributed by atoms with Crippen molar-refractivity contribution >= 4 is 27.6 Å². The van der Waals surface area contributed by atoms with Crippen LogP contribution in [0.3, 0.4) is 0 Å². The quantitative estimate of drug-likeness (QED) is 0.682. The summed E-state index contributed by atoms with van der Waals surface area (Å²) in [6, 6.07) is 13.6. The summed E-state index contributed by atoms with van der Waals surface area (Å²) >= 11 is 0. The molecule has 28 heavy (non-hydrogen) atoms. The number of carbonyl (C=O) groups excluding carboxylic acids is 2. The van der Waals surface area contributed by atoms with Crippen molar-refractivity contribution < 1.29 is 22.7 Å². The number of hydrogen-bond acceptors (Lipinski definition) is 5. The molecule has 0 saturated heterocycles. The van der Waals surface area contributed by atoms with Gasteiger partial charge in [-0.25, -0.2) is 8.42 Å².